The highest BCUT2D eigenvalue weighted by atomic mass is 79.9. The lowest BCUT2D eigenvalue weighted by atomic mass is 10.0. The number of rotatable bonds is 7. The molecule has 1 N–H and O–H groups in total. The highest BCUT2D eigenvalue weighted by Gasteiger charge is 2.23. The van der Waals surface area contributed by atoms with Crippen LogP contribution in [0.15, 0.2) is 46.9 Å². The number of hydrogen-bond donors (Lipinski definition) is 1. The average molecular weight is 455 g/mol. The normalized spacial score (nSPS) is 15.8. The number of halogens is 3. The van der Waals surface area contributed by atoms with Gasteiger partial charge in [0.05, 0.1) is 19.3 Å². The van der Waals surface area contributed by atoms with Gasteiger partial charge in [-0.05, 0) is 35.9 Å². The van der Waals surface area contributed by atoms with E-state index in [4.69, 9.17) is 9.47 Å². The topological polar surface area (TPSA) is 50.8 Å². The first-order valence-corrected chi connectivity index (χ1v) is 9.74. The van der Waals surface area contributed by atoms with Gasteiger partial charge in [-0.2, -0.15) is 0 Å². The molecule has 1 amide bonds. The molecular weight excluding hydrogens is 434 g/mol. The maximum absolute atomic E-state index is 13.8. The number of morpholine rings is 1. The summed E-state index contributed by atoms with van der Waals surface area (Å²) in [5.41, 5.74) is 0.906. The molecule has 3 rings (SSSR count). The van der Waals surface area contributed by atoms with Crippen molar-refractivity contribution in [3.05, 3.63) is 64.1 Å². The Hall–Kier alpha value is -2.03. The zero-order chi connectivity index (χ0) is 19.9. The van der Waals surface area contributed by atoms with Crippen molar-refractivity contribution in [3.63, 3.8) is 0 Å². The third kappa shape index (κ3) is 5.73. The Kier molecular flexibility index (Phi) is 7.36. The number of carbonyl (C=O) groups is 1. The van der Waals surface area contributed by atoms with Gasteiger partial charge in [0.15, 0.2) is 18.2 Å². The largest absolute Gasteiger partial charge is 0.481 e. The van der Waals surface area contributed by atoms with E-state index in [2.05, 4.69) is 26.1 Å². The standard InChI is InChI=1S/C20H21BrF2N2O3/c21-15-3-6-19(17(23)11-15)28-13-20(26)24-12-18(25-7-9-27-10-8-25)14-1-4-16(22)5-2-14/h1-6,11,18H,7-10,12-13H2,(H,24,26). The van der Waals surface area contributed by atoms with Gasteiger partial charge in [-0.3, -0.25) is 9.69 Å². The van der Waals surface area contributed by atoms with E-state index in [1.165, 1.54) is 24.3 Å². The minimum Gasteiger partial charge on any atom is -0.481 e. The molecule has 1 aliphatic heterocycles. The van der Waals surface area contributed by atoms with Crippen molar-refractivity contribution >= 4 is 21.8 Å². The van der Waals surface area contributed by atoms with Gasteiger partial charge in [-0.1, -0.05) is 28.1 Å². The third-order valence-electron chi connectivity index (χ3n) is 4.49. The maximum atomic E-state index is 13.8. The molecule has 150 valence electrons. The molecule has 8 heteroatoms. The van der Waals surface area contributed by atoms with E-state index in [9.17, 15) is 13.6 Å². The molecule has 1 unspecified atom stereocenters. The van der Waals surface area contributed by atoms with Gasteiger partial charge in [0.25, 0.3) is 5.91 Å². The first-order valence-electron chi connectivity index (χ1n) is 8.95. The van der Waals surface area contributed by atoms with Crippen molar-refractivity contribution in [3.8, 4) is 5.75 Å². The molecule has 1 aliphatic rings. The van der Waals surface area contributed by atoms with Gasteiger partial charge >= 0.3 is 0 Å². The number of amides is 1. The highest BCUT2D eigenvalue weighted by molar-refractivity contribution is 9.10. The van der Waals surface area contributed by atoms with Crippen LogP contribution in [0.2, 0.25) is 0 Å². The molecule has 0 radical (unpaired) electrons. The van der Waals surface area contributed by atoms with Crippen molar-refractivity contribution in [2.45, 2.75) is 6.04 Å². The number of carbonyl (C=O) groups excluding carboxylic acids is 1. The van der Waals surface area contributed by atoms with Crippen LogP contribution in [0.25, 0.3) is 0 Å². The van der Waals surface area contributed by atoms with Gasteiger partial charge in [0.1, 0.15) is 5.82 Å². The van der Waals surface area contributed by atoms with Crippen LogP contribution < -0.4 is 10.1 Å². The molecule has 2 aromatic carbocycles. The molecule has 28 heavy (non-hydrogen) atoms. The summed E-state index contributed by atoms with van der Waals surface area (Å²) in [7, 11) is 0. The fourth-order valence-corrected chi connectivity index (χ4v) is 3.36. The lowest BCUT2D eigenvalue weighted by Gasteiger charge is -2.35. The summed E-state index contributed by atoms with van der Waals surface area (Å²) in [6, 6.07) is 10.5. The van der Waals surface area contributed by atoms with Crippen LogP contribution in [0.5, 0.6) is 5.75 Å². The van der Waals surface area contributed by atoms with Crippen LogP contribution in [0, 0.1) is 11.6 Å². The Morgan fingerprint density at radius 2 is 1.89 bits per heavy atom. The average Bonchev–Trinajstić information content (AvgIpc) is 2.69. The Labute approximate surface area is 170 Å². The second-order valence-electron chi connectivity index (χ2n) is 6.38. The predicted molar refractivity (Wildman–Crippen MR) is 104 cm³/mol. The van der Waals surface area contributed by atoms with E-state index in [1.807, 2.05) is 0 Å². The molecule has 0 aliphatic carbocycles. The Morgan fingerprint density at radius 3 is 2.57 bits per heavy atom. The van der Waals surface area contributed by atoms with Crippen LogP contribution in [0.3, 0.4) is 0 Å². The highest BCUT2D eigenvalue weighted by Crippen LogP contribution is 2.23. The van der Waals surface area contributed by atoms with Gasteiger partial charge in [-0.15, -0.1) is 0 Å². The molecule has 1 saturated heterocycles. The summed E-state index contributed by atoms with van der Waals surface area (Å²) < 4.78 is 38.3. The lowest BCUT2D eigenvalue weighted by molar-refractivity contribution is -0.123. The Bertz CT molecular complexity index is 799. The smallest absolute Gasteiger partial charge is 0.258 e. The number of hydrogen-bond acceptors (Lipinski definition) is 4. The molecule has 0 spiro atoms. The summed E-state index contributed by atoms with van der Waals surface area (Å²) >= 11 is 3.17. The summed E-state index contributed by atoms with van der Waals surface area (Å²) in [5.74, 6) is -1.19. The van der Waals surface area contributed by atoms with Crippen molar-refractivity contribution in [2.75, 3.05) is 39.5 Å². The summed E-state index contributed by atoms with van der Waals surface area (Å²) in [6.07, 6.45) is 0. The second-order valence-corrected chi connectivity index (χ2v) is 7.30. The Balaban J connectivity index is 1.59. The fraction of sp³-hybridized carbons (Fsp3) is 0.350. The number of nitrogens with one attached hydrogen (secondary N) is 1. The quantitative estimate of drug-likeness (QED) is 0.697. The minimum absolute atomic E-state index is 0.0154. The number of ether oxygens (including phenoxy) is 2. The fourth-order valence-electron chi connectivity index (χ4n) is 3.03. The molecule has 0 saturated carbocycles. The second kappa shape index (κ2) is 9.95. The van der Waals surface area contributed by atoms with Gasteiger partial charge in [0, 0.05) is 24.1 Å². The summed E-state index contributed by atoms with van der Waals surface area (Å²) in [4.78, 5) is 14.4. The molecule has 1 heterocycles. The number of benzene rings is 2. The maximum Gasteiger partial charge on any atom is 0.258 e. The van der Waals surface area contributed by atoms with E-state index in [0.29, 0.717) is 24.2 Å². The summed E-state index contributed by atoms with van der Waals surface area (Å²) in [5, 5.41) is 2.82. The van der Waals surface area contributed by atoms with E-state index in [-0.39, 0.29) is 30.1 Å². The number of nitrogens with zero attached hydrogens (tertiary/aromatic N) is 1. The zero-order valence-corrected chi connectivity index (χ0v) is 16.8. The molecule has 1 atom stereocenters. The monoisotopic (exact) mass is 454 g/mol. The van der Waals surface area contributed by atoms with Crippen LogP contribution >= 0.6 is 15.9 Å². The third-order valence-corrected chi connectivity index (χ3v) is 4.98. The van der Waals surface area contributed by atoms with Crippen LogP contribution in [-0.4, -0.2) is 50.3 Å². The van der Waals surface area contributed by atoms with E-state index in [1.54, 1.807) is 18.2 Å². The predicted octanol–water partition coefficient (Wildman–Crippen LogP) is 3.30. The zero-order valence-electron chi connectivity index (χ0n) is 15.2. The van der Waals surface area contributed by atoms with Crippen molar-refractivity contribution in [1.29, 1.82) is 0 Å². The molecule has 2 aromatic rings. The van der Waals surface area contributed by atoms with Gasteiger partial charge in [0.2, 0.25) is 0 Å². The van der Waals surface area contributed by atoms with Gasteiger partial charge < -0.3 is 14.8 Å². The molecule has 1 fully saturated rings. The van der Waals surface area contributed by atoms with E-state index in [0.717, 1.165) is 18.7 Å². The van der Waals surface area contributed by atoms with Gasteiger partial charge in [-0.25, -0.2) is 8.78 Å². The van der Waals surface area contributed by atoms with Crippen LogP contribution in [0.4, 0.5) is 8.78 Å². The molecule has 0 aromatic heterocycles. The first-order chi connectivity index (χ1) is 13.5. The van der Waals surface area contributed by atoms with E-state index < -0.39 is 5.82 Å². The molecule has 0 bridgehead atoms. The summed E-state index contributed by atoms with van der Waals surface area (Å²) in [6.45, 7) is 2.70. The minimum atomic E-state index is -0.542. The van der Waals surface area contributed by atoms with Crippen LogP contribution in [0.1, 0.15) is 11.6 Å². The molecule has 5 nitrogen and oxygen atoms in total. The van der Waals surface area contributed by atoms with Crippen molar-refractivity contribution < 1.29 is 23.0 Å². The molecular formula is C20H21BrF2N2O3. The van der Waals surface area contributed by atoms with Crippen LogP contribution in [-0.2, 0) is 9.53 Å². The lowest BCUT2D eigenvalue weighted by Crippen LogP contribution is -2.44. The SMILES string of the molecule is O=C(COc1ccc(Br)cc1F)NCC(c1ccc(F)cc1)N1CCOCC1. The van der Waals surface area contributed by atoms with Crippen molar-refractivity contribution in [2.24, 2.45) is 0 Å². The first kappa shape index (κ1) is 20.7. The Morgan fingerprint density at radius 1 is 1.18 bits per heavy atom. The van der Waals surface area contributed by atoms with E-state index >= 15 is 0 Å². The van der Waals surface area contributed by atoms with Crippen molar-refractivity contribution in [1.82, 2.24) is 10.2 Å².